The molecule has 1 atom stereocenters. The summed E-state index contributed by atoms with van der Waals surface area (Å²) in [7, 11) is 0. The second kappa shape index (κ2) is 5.65. The van der Waals surface area contributed by atoms with Crippen molar-refractivity contribution in [1.82, 2.24) is 15.2 Å². The highest BCUT2D eigenvalue weighted by atomic mass is 16.2. The smallest absolute Gasteiger partial charge is 0.256 e. The Labute approximate surface area is 145 Å². The van der Waals surface area contributed by atoms with Crippen LogP contribution in [0.15, 0.2) is 24.3 Å². The molecule has 2 aromatic rings. The van der Waals surface area contributed by atoms with Gasteiger partial charge in [0.25, 0.3) is 5.91 Å². The molecule has 1 N–H and O–H groups in total. The number of imide groups is 1. The largest absolute Gasteiger partial charge is 0.323 e. The standard InChI is InChI=1S/C19H19N3O3/c1-10-3-6-15-12(7-10)8-14(11(2)20-15)19(25)22(13-4-5-13)16-9-17(23)21-18(16)24/h3,6-8,13,16H,4-5,9H2,1-2H3,(H,21,23,24). The first-order chi connectivity index (χ1) is 11.9. The molecule has 4 rings (SSSR count). The minimum absolute atomic E-state index is 0.0294. The predicted octanol–water partition coefficient (Wildman–Crippen LogP) is 1.87. The highest BCUT2D eigenvalue weighted by Gasteiger charge is 2.45. The molecule has 1 saturated heterocycles. The van der Waals surface area contributed by atoms with Gasteiger partial charge in [-0.3, -0.25) is 24.7 Å². The van der Waals surface area contributed by atoms with E-state index in [-0.39, 0.29) is 30.2 Å². The van der Waals surface area contributed by atoms with Crippen LogP contribution in [0.5, 0.6) is 0 Å². The molecule has 6 nitrogen and oxygen atoms in total. The molecule has 1 aromatic heterocycles. The van der Waals surface area contributed by atoms with E-state index in [2.05, 4.69) is 10.3 Å². The molecular formula is C19H19N3O3. The molecule has 2 fully saturated rings. The number of aryl methyl sites for hydroxylation is 2. The van der Waals surface area contributed by atoms with Crippen molar-refractivity contribution in [2.24, 2.45) is 0 Å². The average molecular weight is 337 g/mol. The fraction of sp³-hybridized carbons (Fsp3) is 0.368. The number of nitrogens with zero attached hydrogens (tertiary/aromatic N) is 2. The summed E-state index contributed by atoms with van der Waals surface area (Å²) in [6.07, 6.45) is 1.77. The molecule has 1 aliphatic carbocycles. The lowest BCUT2D eigenvalue weighted by molar-refractivity contribution is -0.126. The first-order valence-electron chi connectivity index (χ1n) is 8.48. The number of carbonyl (C=O) groups excluding carboxylic acids is 3. The number of benzene rings is 1. The number of fused-ring (bicyclic) bond motifs is 1. The second-order valence-corrected chi connectivity index (χ2v) is 6.89. The lowest BCUT2D eigenvalue weighted by Crippen LogP contribution is -2.46. The third-order valence-corrected chi connectivity index (χ3v) is 4.85. The van der Waals surface area contributed by atoms with Gasteiger partial charge in [-0.05, 0) is 44.9 Å². The van der Waals surface area contributed by atoms with E-state index in [4.69, 9.17) is 0 Å². The SMILES string of the molecule is Cc1ccc2nc(C)c(C(=O)N(C3CC3)C3CC(=O)NC3=O)cc2c1. The van der Waals surface area contributed by atoms with Crippen molar-refractivity contribution in [1.29, 1.82) is 0 Å². The van der Waals surface area contributed by atoms with Crippen LogP contribution in [0.2, 0.25) is 0 Å². The zero-order valence-electron chi connectivity index (χ0n) is 14.2. The van der Waals surface area contributed by atoms with Gasteiger partial charge >= 0.3 is 0 Å². The maximum absolute atomic E-state index is 13.2. The van der Waals surface area contributed by atoms with Crippen LogP contribution in [0, 0.1) is 13.8 Å². The van der Waals surface area contributed by atoms with E-state index in [0.29, 0.717) is 11.3 Å². The second-order valence-electron chi connectivity index (χ2n) is 6.89. The van der Waals surface area contributed by atoms with Gasteiger partial charge in [0.15, 0.2) is 0 Å². The van der Waals surface area contributed by atoms with Gasteiger partial charge in [0.05, 0.1) is 23.2 Å². The van der Waals surface area contributed by atoms with Gasteiger partial charge in [0, 0.05) is 11.4 Å². The summed E-state index contributed by atoms with van der Waals surface area (Å²) in [5.74, 6) is -0.921. The van der Waals surface area contributed by atoms with E-state index in [0.717, 1.165) is 29.3 Å². The number of hydrogen-bond acceptors (Lipinski definition) is 4. The summed E-state index contributed by atoms with van der Waals surface area (Å²) >= 11 is 0. The van der Waals surface area contributed by atoms with Crippen LogP contribution in [-0.2, 0) is 9.59 Å². The van der Waals surface area contributed by atoms with Crippen molar-refractivity contribution in [3.05, 3.63) is 41.1 Å². The lowest BCUT2D eigenvalue weighted by atomic mass is 10.1. The van der Waals surface area contributed by atoms with Crippen LogP contribution >= 0.6 is 0 Å². The molecule has 2 heterocycles. The fourth-order valence-electron chi connectivity index (χ4n) is 3.43. The fourth-order valence-corrected chi connectivity index (χ4v) is 3.43. The van der Waals surface area contributed by atoms with Gasteiger partial charge in [0.1, 0.15) is 6.04 Å². The molecule has 6 heteroatoms. The van der Waals surface area contributed by atoms with Crippen molar-refractivity contribution < 1.29 is 14.4 Å². The zero-order chi connectivity index (χ0) is 17.7. The number of aromatic nitrogens is 1. The maximum atomic E-state index is 13.2. The number of rotatable bonds is 3. The van der Waals surface area contributed by atoms with E-state index >= 15 is 0 Å². The minimum Gasteiger partial charge on any atom is -0.323 e. The first-order valence-corrected chi connectivity index (χ1v) is 8.48. The number of nitrogens with one attached hydrogen (secondary N) is 1. The van der Waals surface area contributed by atoms with E-state index in [1.165, 1.54) is 0 Å². The van der Waals surface area contributed by atoms with Crippen molar-refractivity contribution in [3.63, 3.8) is 0 Å². The molecule has 25 heavy (non-hydrogen) atoms. The summed E-state index contributed by atoms with van der Waals surface area (Å²) in [6.45, 7) is 3.79. The van der Waals surface area contributed by atoms with Gasteiger partial charge in [0.2, 0.25) is 11.8 Å². The number of carbonyl (C=O) groups is 3. The maximum Gasteiger partial charge on any atom is 0.256 e. The molecular weight excluding hydrogens is 318 g/mol. The highest BCUT2D eigenvalue weighted by molar-refractivity contribution is 6.09. The third kappa shape index (κ3) is 2.77. The Bertz CT molecular complexity index is 918. The Morgan fingerprint density at radius 1 is 1.20 bits per heavy atom. The van der Waals surface area contributed by atoms with Gasteiger partial charge < -0.3 is 4.90 Å². The quantitative estimate of drug-likeness (QED) is 0.867. The molecule has 0 bridgehead atoms. The summed E-state index contributed by atoms with van der Waals surface area (Å²) in [5.41, 5.74) is 3.07. The summed E-state index contributed by atoms with van der Waals surface area (Å²) in [5, 5.41) is 3.20. The number of hydrogen-bond donors (Lipinski definition) is 1. The van der Waals surface area contributed by atoms with Crippen LogP contribution in [0.4, 0.5) is 0 Å². The summed E-state index contributed by atoms with van der Waals surface area (Å²) in [6, 6.07) is 7.08. The highest BCUT2D eigenvalue weighted by Crippen LogP contribution is 2.33. The lowest BCUT2D eigenvalue weighted by Gasteiger charge is -2.27. The van der Waals surface area contributed by atoms with Crippen LogP contribution < -0.4 is 5.32 Å². The third-order valence-electron chi connectivity index (χ3n) is 4.85. The topological polar surface area (TPSA) is 79.4 Å². The normalized spacial score (nSPS) is 20.0. The number of amides is 3. The van der Waals surface area contributed by atoms with Gasteiger partial charge in [-0.25, -0.2) is 0 Å². The molecule has 3 amide bonds. The number of pyridine rings is 1. The Morgan fingerprint density at radius 3 is 2.60 bits per heavy atom. The Balaban J connectivity index is 1.75. The van der Waals surface area contributed by atoms with Crippen LogP contribution in [0.25, 0.3) is 10.9 Å². The molecule has 1 saturated carbocycles. The van der Waals surface area contributed by atoms with Crippen molar-refractivity contribution in [2.75, 3.05) is 0 Å². The summed E-state index contributed by atoms with van der Waals surface area (Å²) < 4.78 is 0. The Hall–Kier alpha value is -2.76. The van der Waals surface area contributed by atoms with Gasteiger partial charge in [-0.2, -0.15) is 0 Å². The average Bonchev–Trinajstić information content (AvgIpc) is 3.33. The molecule has 1 unspecified atom stereocenters. The van der Waals surface area contributed by atoms with E-state index in [1.807, 2.05) is 31.2 Å². The first kappa shape index (κ1) is 15.7. The Kier molecular flexibility index (Phi) is 3.56. The molecule has 128 valence electrons. The molecule has 1 aliphatic heterocycles. The molecule has 1 aromatic carbocycles. The minimum atomic E-state index is -0.708. The van der Waals surface area contributed by atoms with Crippen LogP contribution in [0.1, 0.15) is 40.9 Å². The summed E-state index contributed by atoms with van der Waals surface area (Å²) in [4.78, 5) is 43.0. The van der Waals surface area contributed by atoms with E-state index < -0.39 is 6.04 Å². The van der Waals surface area contributed by atoms with E-state index in [1.54, 1.807) is 11.8 Å². The van der Waals surface area contributed by atoms with Gasteiger partial charge in [-0.1, -0.05) is 11.6 Å². The van der Waals surface area contributed by atoms with Crippen LogP contribution in [-0.4, -0.2) is 39.7 Å². The van der Waals surface area contributed by atoms with Crippen LogP contribution in [0.3, 0.4) is 0 Å². The van der Waals surface area contributed by atoms with Crippen molar-refractivity contribution in [3.8, 4) is 0 Å². The molecule has 0 radical (unpaired) electrons. The molecule has 0 spiro atoms. The van der Waals surface area contributed by atoms with Crippen molar-refractivity contribution >= 4 is 28.6 Å². The zero-order valence-corrected chi connectivity index (χ0v) is 14.2. The van der Waals surface area contributed by atoms with Gasteiger partial charge in [-0.15, -0.1) is 0 Å². The monoisotopic (exact) mass is 337 g/mol. The molecule has 2 aliphatic rings. The van der Waals surface area contributed by atoms with Crippen molar-refractivity contribution in [2.45, 2.75) is 45.2 Å². The predicted molar refractivity (Wildman–Crippen MR) is 92.0 cm³/mol. The van der Waals surface area contributed by atoms with E-state index in [9.17, 15) is 14.4 Å². The Morgan fingerprint density at radius 2 is 1.96 bits per heavy atom.